The highest BCUT2D eigenvalue weighted by molar-refractivity contribution is 5.93. The Hall–Kier alpha value is -3.02. The van der Waals surface area contributed by atoms with Gasteiger partial charge in [0.1, 0.15) is 5.75 Å². The number of carbonyl (C=O) groups excluding carboxylic acids is 1. The number of ether oxygens (including phenoxy) is 1. The van der Waals surface area contributed by atoms with Crippen LogP contribution in [-0.2, 0) is 11.2 Å². The fourth-order valence-corrected chi connectivity index (χ4v) is 2.39. The molecule has 2 aromatic carbocycles. The van der Waals surface area contributed by atoms with Crippen LogP contribution in [0.1, 0.15) is 12.5 Å². The van der Waals surface area contributed by atoms with Gasteiger partial charge in [0.15, 0.2) is 6.61 Å². The standard InChI is InChI=1S/C17H17N3O3/c1-2-11-5-3-4-6-15(11)23-10-16(21)18-12-7-8-13-14(9-12)20-17(22)19-13/h3-9H,2,10H2,1H3,(H,18,21)(H2,19,20,22). The second-order valence-corrected chi connectivity index (χ2v) is 5.14. The lowest BCUT2D eigenvalue weighted by molar-refractivity contribution is -0.118. The minimum Gasteiger partial charge on any atom is -0.483 e. The van der Waals surface area contributed by atoms with E-state index in [1.54, 1.807) is 18.2 Å². The van der Waals surface area contributed by atoms with Gasteiger partial charge in [-0.15, -0.1) is 0 Å². The quantitative estimate of drug-likeness (QED) is 0.676. The van der Waals surface area contributed by atoms with Crippen molar-refractivity contribution in [2.45, 2.75) is 13.3 Å². The molecule has 0 bridgehead atoms. The molecular weight excluding hydrogens is 294 g/mol. The number of hydrogen-bond acceptors (Lipinski definition) is 3. The second-order valence-electron chi connectivity index (χ2n) is 5.14. The third kappa shape index (κ3) is 3.42. The molecule has 23 heavy (non-hydrogen) atoms. The smallest absolute Gasteiger partial charge is 0.323 e. The summed E-state index contributed by atoms with van der Waals surface area (Å²) in [5, 5.41) is 2.75. The highest BCUT2D eigenvalue weighted by Crippen LogP contribution is 2.18. The van der Waals surface area contributed by atoms with Crippen LogP contribution < -0.4 is 15.7 Å². The van der Waals surface area contributed by atoms with Gasteiger partial charge in [-0.2, -0.15) is 0 Å². The lowest BCUT2D eigenvalue weighted by Gasteiger charge is -2.10. The van der Waals surface area contributed by atoms with Crippen LogP contribution in [0.3, 0.4) is 0 Å². The van der Waals surface area contributed by atoms with E-state index in [0.29, 0.717) is 16.7 Å². The topological polar surface area (TPSA) is 87.0 Å². The van der Waals surface area contributed by atoms with Crippen molar-refractivity contribution >= 4 is 22.6 Å². The van der Waals surface area contributed by atoms with Crippen molar-refractivity contribution in [1.29, 1.82) is 0 Å². The molecule has 1 aromatic heterocycles. The zero-order valence-corrected chi connectivity index (χ0v) is 12.7. The number of hydrogen-bond donors (Lipinski definition) is 3. The predicted molar refractivity (Wildman–Crippen MR) is 88.9 cm³/mol. The summed E-state index contributed by atoms with van der Waals surface area (Å²) in [5.41, 5.74) is 2.73. The number of amides is 1. The van der Waals surface area contributed by atoms with Gasteiger partial charge in [-0.05, 0) is 36.2 Å². The Morgan fingerprint density at radius 2 is 1.91 bits per heavy atom. The number of anilines is 1. The number of aromatic nitrogens is 2. The number of para-hydroxylation sites is 1. The first kappa shape index (κ1) is 14.9. The first-order valence-corrected chi connectivity index (χ1v) is 7.38. The summed E-state index contributed by atoms with van der Waals surface area (Å²) >= 11 is 0. The van der Waals surface area contributed by atoms with Crippen molar-refractivity contribution in [3.8, 4) is 5.75 Å². The van der Waals surface area contributed by atoms with Crippen LogP contribution in [-0.4, -0.2) is 22.5 Å². The van der Waals surface area contributed by atoms with E-state index in [-0.39, 0.29) is 18.2 Å². The van der Waals surface area contributed by atoms with Crippen LogP contribution in [0.2, 0.25) is 0 Å². The lowest BCUT2D eigenvalue weighted by Crippen LogP contribution is -2.20. The van der Waals surface area contributed by atoms with Gasteiger partial charge >= 0.3 is 5.69 Å². The first-order chi connectivity index (χ1) is 11.2. The third-order valence-corrected chi connectivity index (χ3v) is 3.51. The molecule has 0 spiro atoms. The molecule has 0 radical (unpaired) electrons. The van der Waals surface area contributed by atoms with E-state index in [1.165, 1.54) is 0 Å². The SMILES string of the molecule is CCc1ccccc1OCC(=O)Nc1ccc2[nH]c(=O)[nH]c2c1. The van der Waals surface area contributed by atoms with Crippen molar-refractivity contribution in [2.24, 2.45) is 0 Å². The molecule has 3 N–H and O–H groups in total. The molecule has 118 valence electrons. The monoisotopic (exact) mass is 311 g/mol. The molecule has 0 atom stereocenters. The summed E-state index contributed by atoms with van der Waals surface area (Å²) in [4.78, 5) is 28.5. The van der Waals surface area contributed by atoms with Crippen molar-refractivity contribution in [2.75, 3.05) is 11.9 Å². The zero-order valence-electron chi connectivity index (χ0n) is 12.7. The fraction of sp³-hybridized carbons (Fsp3) is 0.176. The molecule has 0 saturated heterocycles. The number of benzene rings is 2. The predicted octanol–water partition coefficient (Wildman–Crippen LogP) is 2.44. The number of rotatable bonds is 5. The van der Waals surface area contributed by atoms with Crippen molar-refractivity contribution < 1.29 is 9.53 Å². The van der Waals surface area contributed by atoms with E-state index < -0.39 is 0 Å². The van der Waals surface area contributed by atoms with E-state index in [0.717, 1.165) is 17.7 Å². The minimum atomic E-state index is -0.275. The Bertz CT molecular complexity index is 895. The molecule has 0 aliphatic rings. The summed E-state index contributed by atoms with van der Waals surface area (Å²) in [5.74, 6) is 0.462. The van der Waals surface area contributed by atoms with Gasteiger partial charge in [0.2, 0.25) is 0 Å². The summed E-state index contributed by atoms with van der Waals surface area (Å²) < 4.78 is 5.58. The average molecular weight is 311 g/mol. The number of H-pyrrole nitrogens is 2. The number of fused-ring (bicyclic) bond motifs is 1. The summed E-state index contributed by atoms with van der Waals surface area (Å²) in [6.45, 7) is 1.97. The average Bonchev–Trinajstić information content (AvgIpc) is 2.92. The molecule has 6 heteroatoms. The largest absolute Gasteiger partial charge is 0.483 e. The maximum absolute atomic E-state index is 12.0. The van der Waals surface area contributed by atoms with Gasteiger partial charge < -0.3 is 20.0 Å². The van der Waals surface area contributed by atoms with Gasteiger partial charge in [-0.1, -0.05) is 25.1 Å². The highest BCUT2D eigenvalue weighted by Gasteiger charge is 2.07. The van der Waals surface area contributed by atoms with Crippen LogP contribution in [0.4, 0.5) is 5.69 Å². The number of nitrogens with one attached hydrogen (secondary N) is 3. The van der Waals surface area contributed by atoms with Crippen LogP contribution in [0.5, 0.6) is 5.75 Å². The maximum Gasteiger partial charge on any atom is 0.323 e. The lowest BCUT2D eigenvalue weighted by atomic mass is 10.1. The van der Waals surface area contributed by atoms with E-state index in [1.807, 2.05) is 31.2 Å². The molecule has 0 aliphatic heterocycles. The summed E-state index contributed by atoms with van der Waals surface area (Å²) in [6.07, 6.45) is 0.843. The van der Waals surface area contributed by atoms with E-state index >= 15 is 0 Å². The number of carbonyl (C=O) groups is 1. The molecule has 6 nitrogen and oxygen atoms in total. The molecule has 0 fully saturated rings. The number of aromatic amines is 2. The van der Waals surface area contributed by atoms with Crippen molar-refractivity contribution in [3.05, 3.63) is 58.5 Å². The van der Waals surface area contributed by atoms with E-state index in [9.17, 15) is 9.59 Å². The van der Waals surface area contributed by atoms with E-state index in [2.05, 4.69) is 15.3 Å². The molecule has 1 amide bonds. The van der Waals surface area contributed by atoms with Crippen molar-refractivity contribution in [1.82, 2.24) is 9.97 Å². The molecule has 3 rings (SSSR count). The number of imidazole rings is 1. The third-order valence-electron chi connectivity index (χ3n) is 3.51. The molecule has 0 saturated carbocycles. The summed E-state index contributed by atoms with van der Waals surface area (Å²) in [7, 11) is 0. The molecular formula is C17H17N3O3. The highest BCUT2D eigenvalue weighted by atomic mass is 16.5. The van der Waals surface area contributed by atoms with Gasteiger partial charge in [0, 0.05) is 5.69 Å². The molecule has 3 aromatic rings. The van der Waals surface area contributed by atoms with Gasteiger partial charge in [0.25, 0.3) is 5.91 Å². The van der Waals surface area contributed by atoms with Crippen LogP contribution in [0, 0.1) is 0 Å². The first-order valence-electron chi connectivity index (χ1n) is 7.38. The zero-order chi connectivity index (χ0) is 16.2. The minimum absolute atomic E-state index is 0.0707. The molecule has 1 heterocycles. The van der Waals surface area contributed by atoms with Crippen LogP contribution in [0.25, 0.3) is 11.0 Å². The van der Waals surface area contributed by atoms with Crippen molar-refractivity contribution in [3.63, 3.8) is 0 Å². The van der Waals surface area contributed by atoms with Gasteiger partial charge in [0.05, 0.1) is 11.0 Å². The van der Waals surface area contributed by atoms with Crippen LogP contribution in [0.15, 0.2) is 47.3 Å². The Balaban J connectivity index is 1.65. The fourth-order valence-electron chi connectivity index (χ4n) is 2.39. The normalized spacial score (nSPS) is 10.7. The number of aryl methyl sites for hydroxylation is 1. The van der Waals surface area contributed by atoms with Gasteiger partial charge in [-0.25, -0.2) is 4.79 Å². The Labute approximate surface area is 132 Å². The molecule has 0 unspecified atom stereocenters. The Kier molecular flexibility index (Phi) is 4.14. The van der Waals surface area contributed by atoms with E-state index in [4.69, 9.17) is 4.74 Å². The summed E-state index contributed by atoms with van der Waals surface area (Å²) in [6, 6.07) is 12.8. The van der Waals surface area contributed by atoms with Gasteiger partial charge in [-0.3, -0.25) is 4.79 Å². The maximum atomic E-state index is 12.0. The van der Waals surface area contributed by atoms with Crippen LogP contribution >= 0.6 is 0 Å². The molecule has 0 aliphatic carbocycles. The Morgan fingerprint density at radius 3 is 2.74 bits per heavy atom. The second kappa shape index (κ2) is 6.39. The Morgan fingerprint density at radius 1 is 1.13 bits per heavy atom.